The molecule has 8 aromatic rings. The minimum atomic E-state index is -0.611. The van der Waals surface area contributed by atoms with Gasteiger partial charge in [0.1, 0.15) is 23.1 Å². The Kier molecular flexibility index (Phi) is 5.83. The largest absolute Gasteiger partial charge is 0.321 e. The fourth-order valence-corrected chi connectivity index (χ4v) is 6.36. The van der Waals surface area contributed by atoms with Gasteiger partial charge in [0.2, 0.25) is 0 Å². The minimum Gasteiger partial charge on any atom is -0.321 e. The number of hydrogen-bond acceptors (Lipinski definition) is 3. The van der Waals surface area contributed by atoms with Crippen molar-refractivity contribution in [3.05, 3.63) is 142 Å². The number of nitriles is 1. The summed E-state index contributed by atoms with van der Waals surface area (Å²) in [5.41, 5.74) is 2.81. The van der Waals surface area contributed by atoms with Gasteiger partial charge < -0.3 is 4.98 Å². The fourth-order valence-electron chi connectivity index (χ4n) is 6.17. The molecule has 0 saturated carbocycles. The lowest BCUT2D eigenvalue weighted by Crippen LogP contribution is -2.13. The summed E-state index contributed by atoms with van der Waals surface area (Å²) >= 11 is 6.35. The highest BCUT2D eigenvalue weighted by Gasteiger charge is 2.23. The van der Waals surface area contributed by atoms with Crippen LogP contribution in [-0.2, 0) is 0 Å². The molecule has 5 nitrogen and oxygen atoms in total. The summed E-state index contributed by atoms with van der Waals surface area (Å²) in [5.74, 6) is -0.486. The van der Waals surface area contributed by atoms with Crippen LogP contribution in [0.15, 0.2) is 120 Å². The number of rotatable bonds is 4. The third-order valence-electron chi connectivity index (χ3n) is 8.17. The van der Waals surface area contributed by atoms with Gasteiger partial charge in [-0.15, -0.1) is 0 Å². The number of aromatic nitrogens is 3. The number of hydrogen-bond donors (Lipinski definition) is 1. The van der Waals surface area contributed by atoms with Crippen LogP contribution >= 0.6 is 11.6 Å². The Balaban J connectivity index is 1.47. The van der Waals surface area contributed by atoms with Crippen molar-refractivity contribution in [1.29, 1.82) is 5.26 Å². The number of nitrogens with one attached hydrogen (secondary N) is 1. The van der Waals surface area contributed by atoms with Gasteiger partial charge in [0, 0.05) is 33.5 Å². The molecule has 0 aliphatic rings. The van der Waals surface area contributed by atoms with Gasteiger partial charge in [-0.2, -0.15) is 10.4 Å². The zero-order valence-corrected chi connectivity index (χ0v) is 23.7. The van der Waals surface area contributed by atoms with E-state index in [1.807, 2.05) is 18.2 Å². The summed E-state index contributed by atoms with van der Waals surface area (Å²) in [5, 5.41) is 22.4. The van der Waals surface area contributed by atoms with Crippen LogP contribution in [0, 0.1) is 17.1 Å². The van der Waals surface area contributed by atoms with Gasteiger partial charge in [-0.1, -0.05) is 84.4 Å². The second kappa shape index (κ2) is 9.91. The molecule has 2 heterocycles. The van der Waals surface area contributed by atoms with Crippen molar-refractivity contribution in [1.82, 2.24) is 14.8 Å². The molecule has 2 aromatic heterocycles. The maximum atomic E-state index is 14.9. The van der Waals surface area contributed by atoms with Gasteiger partial charge in [0.25, 0.3) is 5.56 Å². The second-order valence-corrected chi connectivity index (χ2v) is 11.1. The van der Waals surface area contributed by atoms with E-state index in [4.69, 9.17) is 16.7 Å². The molecule has 0 atom stereocenters. The molecule has 44 heavy (non-hydrogen) atoms. The van der Waals surface area contributed by atoms with Crippen LogP contribution in [0.2, 0.25) is 5.02 Å². The highest BCUT2D eigenvalue weighted by Crippen LogP contribution is 2.42. The lowest BCUT2D eigenvalue weighted by molar-refractivity contribution is 0.630. The molecule has 0 spiro atoms. The Morgan fingerprint density at radius 1 is 0.750 bits per heavy atom. The first kappa shape index (κ1) is 25.9. The molecule has 0 aliphatic heterocycles. The van der Waals surface area contributed by atoms with Crippen LogP contribution in [0.3, 0.4) is 0 Å². The van der Waals surface area contributed by atoms with E-state index in [2.05, 4.69) is 59.6 Å². The van der Waals surface area contributed by atoms with Crippen molar-refractivity contribution in [2.75, 3.05) is 0 Å². The molecule has 0 fully saturated rings. The molecule has 0 radical (unpaired) electrons. The number of H-pyrrole nitrogens is 1. The van der Waals surface area contributed by atoms with E-state index < -0.39 is 11.4 Å². The normalized spacial score (nSPS) is 11.5. The molecule has 0 bridgehead atoms. The summed E-state index contributed by atoms with van der Waals surface area (Å²) in [6.07, 6.45) is 1.79. The van der Waals surface area contributed by atoms with Gasteiger partial charge in [-0.25, -0.2) is 9.07 Å². The Morgan fingerprint density at radius 3 is 2.25 bits per heavy atom. The smallest absolute Gasteiger partial charge is 0.266 e. The van der Waals surface area contributed by atoms with Gasteiger partial charge in [0.05, 0.1) is 11.4 Å². The topological polar surface area (TPSA) is 74.5 Å². The van der Waals surface area contributed by atoms with Gasteiger partial charge >= 0.3 is 0 Å². The van der Waals surface area contributed by atoms with Crippen LogP contribution in [0.4, 0.5) is 4.39 Å². The number of benzene rings is 6. The number of nitrogens with zero attached hydrogens (tertiary/aromatic N) is 3. The minimum absolute atomic E-state index is 0.0882. The summed E-state index contributed by atoms with van der Waals surface area (Å²) < 4.78 is 16.6. The van der Waals surface area contributed by atoms with E-state index in [9.17, 15) is 14.4 Å². The van der Waals surface area contributed by atoms with Gasteiger partial charge in [-0.05, 0) is 68.7 Å². The Morgan fingerprint density at radius 2 is 1.48 bits per heavy atom. The molecule has 6 aromatic carbocycles. The molecular formula is C37H20ClFN4O. The maximum absolute atomic E-state index is 14.9. The Bertz CT molecular complexity index is 2510. The summed E-state index contributed by atoms with van der Waals surface area (Å²) in [7, 11) is 0. The number of aromatic amines is 1. The number of halogens is 2. The van der Waals surface area contributed by atoms with Crippen molar-refractivity contribution in [3.63, 3.8) is 0 Å². The van der Waals surface area contributed by atoms with Gasteiger partial charge in [0.15, 0.2) is 0 Å². The summed E-state index contributed by atoms with van der Waals surface area (Å²) in [6.45, 7) is 0. The van der Waals surface area contributed by atoms with E-state index in [1.165, 1.54) is 6.07 Å². The summed E-state index contributed by atoms with van der Waals surface area (Å²) in [6, 6.07) is 36.0. The Hall–Kier alpha value is -5.77. The van der Waals surface area contributed by atoms with Crippen LogP contribution in [0.5, 0.6) is 0 Å². The van der Waals surface area contributed by atoms with Crippen LogP contribution in [-0.4, -0.2) is 14.8 Å². The predicted molar refractivity (Wildman–Crippen MR) is 174 cm³/mol. The number of pyridine rings is 1. The molecule has 0 saturated heterocycles. The standard InChI is InChI=1S/C37H20ClFN4O/c38-24-7-4-8-25(17-24)43-20-31(29-18-33(41-37(44)30(29)19-40)28-9-1-2-10-32(28)39)36(42-43)27-16-14-23-12-11-21-5-3-6-22-13-15-26(27)35(23)34(21)22/h1-18,20H,(H,41,44). The molecular weight excluding hydrogens is 571 g/mol. The molecule has 0 amide bonds. The van der Waals surface area contributed by atoms with Crippen molar-refractivity contribution in [2.24, 2.45) is 0 Å². The molecule has 7 heteroatoms. The first-order chi connectivity index (χ1) is 21.5. The van der Waals surface area contributed by atoms with E-state index in [-0.39, 0.29) is 16.8 Å². The molecule has 1 N–H and O–H groups in total. The van der Waals surface area contributed by atoms with Crippen molar-refractivity contribution in [2.45, 2.75) is 0 Å². The molecule has 8 rings (SSSR count). The zero-order chi connectivity index (χ0) is 29.9. The van der Waals surface area contributed by atoms with E-state index >= 15 is 0 Å². The molecule has 0 unspecified atom stereocenters. The maximum Gasteiger partial charge on any atom is 0.266 e. The lowest BCUT2D eigenvalue weighted by atomic mass is 9.89. The Labute approximate surface area is 255 Å². The fraction of sp³-hybridized carbons (Fsp3) is 0. The SMILES string of the molecule is N#Cc1c(-c2cn(-c3cccc(Cl)c3)nc2-c2ccc3ccc4cccc5ccc2c3c45)cc(-c2ccccc2F)[nH]c1=O. The molecule has 0 aliphatic carbocycles. The average molecular weight is 591 g/mol. The highest BCUT2D eigenvalue weighted by atomic mass is 35.5. The van der Waals surface area contributed by atoms with Gasteiger partial charge in [-0.3, -0.25) is 4.79 Å². The van der Waals surface area contributed by atoms with Crippen LogP contribution in [0.1, 0.15) is 5.56 Å². The monoisotopic (exact) mass is 590 g/mol. The van der Waals surface area contributed by atoms with Crippen LogP contribution < -0.4 is 5.56 Å². The van der Waals surface area contributed by atoms with E-state index in [1.54, 1.807) is 47.3 Å². The third kappa shape index (κ3) is 3.98. The highest BCUT2D eigenvalue weighted by molar-refractivity contribution is 6.30. The first-order valence-corrected chi connectivity index (χ1v) is 14.3. The van der Waals surface area contributed by atoms with Crippen molar-refractivity contribution in [3.8, 4) is 45.4 Å². The lowest BCUT2D eigenvalue weighted by Gasteiger charge is -2.14. The van der Waals surface area contributed by atoms with Crippen LogP contribution in [0.25, 0.3) is 71.6 Å². The third-order valence-corrected chi connectivity index (χ3v) is 8.41. The van der Waals surface area contributed by atoms with Crippen molar-refractivity contribution < 1.29 is 4.39 Å². The predicted octanol–water partition coefficient (Wildman–Crippen LogP) is 9.12. The zero-order valence-electron chi connectivity index (χ0n) is 23.0. The first-order valence-electron chi connectivity index (χ1n) is 14.0. The van der Waals surface area contributed by atoms with Crippen molar-refractivity contribution >= 4 is 43.9 Å². The van der Waals surface area contributed by atoms with E-state index in [0.717, 1.165) is 37.9 Å². The molecule has 208 valence electrons. The summed E-state index contributed by atoms with van der Waals surface area (Å²) in [4.78, 5) is 16.0. The van der Waals surface area contributed by atoms with E-state index in [0.29, 0.717) is 27.5 Å². The quantitative estimate of drug-likeness (QED) is 0.208. The second-order valence-electron chi connectivity index (χ2n) is 10.7. The average Bonchev–Trinajstić information content (AvgIpc) is 3.49.